The minimum Gasteiger partial charge on any atom is -0.464 e. The Labute approximate surface area is 154 Å². The summed E-state index contributed by atoms with van der Waals surface area (Å²) in [5, 5.41) is 5.78. The van der Waals surface area contributed by atoms with E-state index in [1.807, 2.05) is 0 Å². The van der Waals surface area contributed by atoms with Crippen LogP contribution >= 0.6 is 11.6 Å². The second-order valence-corrected chi connectivity index (χ2v) is 6.44. The van der Waals surface area contributed by atoms with Gasteiger partial charge in [-0.2, -0.15) is 5.10 Å². The number of hydrazone groups is 1. The van der Waals surface area contributed by atoms with Crippen LogP contribution in [0.4, 0.5) is 5.69 Å². The quantitative estimate of drug-likeness (QED) is 0.561. The van der Waals surface area contributed by atoms with Crippen LogP contribution in [0.25, 0.3) is 0 Å². The Balaban J connectivity index is 1.99. The molecule has 3 rings (SSSR count). The molecule has 0 bridgehead atoms. The van der Waals surface area contributed by atoms with Gasteiger partial charge >= 0.3 is 5.97 Å². The van der Waals surface area contributed by atoms with Crippen LogP contribution in [-0.4, -0.2) is 54.0 Å². The first kappa shape index (κ1) is 18.1. The number of halogens is 1. The van der Waals surface area contributed by atoms with Gasteiger partial charge in [0, 0.05) is 18.0 Å². The van der Waals surface area contributed by atoms with Crippen molar-refractivity contribution in [1.29, 1.82) is 0 Å². The topological polar surface area (TPSA) is 96.3 Å². The Morgan fingerprint density at radius 3 is 2.62 bits per heavy atom. The zero-order valence-corrected chi connectivity index (χ0v) is 14.9. The van der Waals surface area contributed by atoms with Crippen molar-refractivity contribution in [3.63, 3.8) is 0 Å². The van der Waals surface area contributed by atoms with E-state index in [2.05, 4.69) is 5.10 Å². The number of nitrogens with zero attached hydrogens (tertiary/aromatic N) is 3. The molecule has 0 saturated carbocycles. The molecule has 0 spiro atoms. The number of imide groups is 1. The Morgan fingerprint density at radius 1 is 1.27 bits per heavy atom. The van der Waals surface area contributed by atoms with Crippen LogP contribution in [0, 0.1) is 5.92 Å². The standard InChI is InChI=1S/C17H16ClN3O5/c1-9(22)6-7-20-14-12(13(19-20)17(25)26-2)15(23)21(16(14)24)11-5-3-4-10(18)8-11/h3-5,8,12,14H,6-7H2,1-2H3. The van der Waals surface area contributed by atoms with E-state index in [0.717, 1.165) is 4.90 Å². The molecule has 2 aliphatic rings. The van der Waals surface area contributed by atoms with Crippen molar-refractivity contribution in [2.24, 2.45) is 11.0 Å². The predicted octanol–water partition coefficient (Wildman–Crippen LogP) is 1.02. The molecule has 1 aromatic carbocycles. The molecule has 136 valence electrons. The summed E-state index contributed by atoms with van der Waals surface area (Å²) in [6.07, 6.45) is 0.139. The lowest BCUT2D eigenvalue weighted by atomic mass is 9.98. The molecule has 2 heterocycles. The van der Waals surface area contributed by atoms with E-state index < -0.39 is 29.7 Å². The lowest BCUT2D eigenvalue weighted by molar-refractivity contribution is -0.133. The maximum absolute atomic E-state index is 12.9. The monoisotopic (exact) mass is 377 g/mol. The molecule has 1 aromatic rings. The van der Waals surface area contributed by atoms with Gasteiger partial charge in [0.2, 0.25) is 5.91 Å². The first-order valence-electron chi connectivity index (χ1n) is 7.91. The summed E-state index contributed by atoms with van der Waals surface area (Å²) in [4.78, 5) is 50.2. The van der Waals surface area contributed by atoms with Crippen LogP contribution < -0.4 is 4.90 Å². The van der Waals surface area contributed by atoms with Gasteiger partial charge in [0.1, 0.15) is 17.7 Å². The number of ether oxygens (including phenoxy) is 1. The average Bonchev–Trinajstić information content (AvgIpc) is 3.09. The number of Topliss-reactive ketones (excluding diaryl/α,β-unsaturated/α-hetero) is 1. The second kappa shape index (κ2) is 6.87. The second-order valence-electron chi connectivity index (χ2n) is 6.01. The van der Waals surface area contributed by atoms with Crippen LogP contribution in [-0.2, 0) is 23.9 Å². The normalized spacial score (nSPS) is 21.7. The lowest BCUT2D eigenvalue weighted by Crippen LogP contribution is -2.39. The van der Waals surface area contributed by atoms with Gasteiger partial charge < -0.3 is 4.74 Å². The molecule has 0 radical (unpaired) electrons. The molecule has 2 aliphatic heterocycles. The van der Waals surface area contributed by atoms with Gasteiger partial charge in [-0.3, -0.25) is 19.4 Å². The van der Waals surface area contributed by atoms with E-state index in [1.165, 1.54) is 25.1 Å². The number of hydrogen-bond acceptors (Lipinski definition) is 7. The molecular weight excluding hydrogens is 362 g/mol. The number of carbonyl (C=O) groups excluding carboxylic acids is 4. The van der Waals surface area contributed by atoms with Gasteiger partial charge in [-0.1, -0.05) is 17.7 Å². The number of ketones is 1. The molecule has 2 atom stereocenters. The fourth-order valence-corrected chi connectivity index (χ4v) is 3.27. The molecule has 9 heteroatoms. The summed E-state index contributed by atoms with van der Waals surface area (Å²) >= 11 is 5.96. The summed E-state index contributed by atoms with van der Waals surface area (Å²) in [5.41, 5.74) is 0.182. The van der Waals surface area contributed by atoms with Crippen LogP contribution in [0.15, 0.2) is 29.4 Å². The van der Waals surface area contributed by atoms with E-state index >= 15 is 0 Å². The highest BCUT2D eigenvalue weighted by molar-refractivity contribution is 6.46. The third kappa shape index (κ3) is 2.96. The Kier molecular flexibility index (Phi) is 4.78. The number of anilines is 1. The summed E-state index contributed by atoms with van der Waals surface area (Å²) < 4.78 is 4.69. The minimum absolute atomic E-state index is 0.0910. The van der Waals surface area contributed by atoms with Crippen molar-refractivity contribution in [3.8, 4) is 0 Å². The van der Waals surface area contributed by atoms with Crippen molar-refractivity contribution < 1.29 is 23.9 Å². The van der Waals surface area contributed by atoms with Gasteiger partial charge in [-0.05, 0) is 25.1 Å². The SMILES string of the molecule is COC(=O)C1=NN(CCC(C)=O)C2C(=O)N(c3cccc(Cl)c3)C(=O)C12. The van der Waals surface area contributed by atoms with Gasteiger partial charge in [0.05, 0.1) is 12.8 Å². The number of rotatable bonds is 5. The van der Waals surface area contributed by atoms with Crippen molar-refractivity contribution in [2.45, 2.75) is 19.4 Å². The maximum Gasteiger partial charge on any atom is 0.355 e. The molecule has 26 heavy (non-hydrogen) atoms. The van der Waals surface area contributed by atoms with Crippen LogP contribution in [0.2, 0.25) is 5.02 Å². The largest absolute Gasteiger partial charge is 0.464 e. The van der Waals surface area contributed by atoms with Crippen LogP contribution in [0.3, 0.4) is 0 Å². The van der Waals surface area contributed by atoms with Gasteiger partial charge in [0.25, 0.3) is 5.91 Å². The van der Waals surface area contributed by atoms with E-state index in [9.17, 15) is 19.2 Å². The van der Waals surface area contributed by atoms with E-state index in [1.54, 1.807) is 18.2 Å². The number of methoxy groups -OCH3 is 1. The molecule has 2 unspecified atom stereocenters. The zero-order valence-electron chi connectivity index (χ0n) is 14.1. The molecular formula is C17H16ClN3O5. The molecule has 0 aliphatic carbocycles. The highest BCUT2D eigenvalue weighted by Gasteiger charge is 2.58. The van der Waals surface area contributed by atoms with E-state index in [0.29, 0.717) is 10.7 Å². The van der Waals surface area contributed by atoms with Gasteiger partial charge in [0.15, 0.2) is 5.71 Å². The van der Waals surface area contributed by atoms with E-state index in [-0.39, 0.29) is 24.5 Å². The third-order valence-corrected chi connectivity index (χ3v) is 4.52. The molecule has 0 aromatic heterocycles. The van der Waals surface area contributed by atoms with Crippen LogP contribution in [0.1, 0.15) is 13.3 Å². The Bertz CT molecular complexity index is 837. The molecule has 1 saturated heterocycles. The summed E-state index contributed by atoms with van der Waals surface area (Å²) in [7, 11) is 1.17. The van der Waals surface area contributed by atoms with Crippen molar-refractivity contribution in [2.75, 3.05) is 18.6 Å². The third-order valence-electron chi connectivity index (χ3n) is 4.28. The van der Waals surface area contributed by atoms with Crippen molar-refractivity contribution in [1.82, 2.24) is 5.01 Å². The fraction of sp³-hybridized carbons (Fsp3) is 0.353. The van der Waals surface area contributed by atoms with Gasteiger partial charge in [-0.15, -0.1) is 0 Å². The molecule has 0 N–H and O–H groups in total. The highest BCUT2D eigenvalue weighted by Crippen LogP contribution is 2.36. The number of benzene rings is 1. The first-order valence-corrected chi connectivity index (χ1v) is 8.29. The summed E-state index contributed by atoms with van der Waals surface area (Å²) in [6, 6.07) is 5.34. The minimum atomic E-state index is -1.07. The summed E-state index contributed by atoms with van der Waals surface area (Å²) in [6.45, 7) is 1.54. The number of hydrogen-bond donors (Lipinski definition) is 0. The Morgan fingerprint density at radius 2 is 2.00 bits per heavy atom. The molecule has 1 fully saturated rings. The van der Waals surface area contributed by atoms with Gasteiger partial charge in [-0.25, -0.2) is 9.69 Å². The van der Waals surface area contributed by atoms with Crippen molar-refractivity contribution >= 4 is 46.6 Å². The number of fused-ring (bicyclic) bond motifs is 1. The predicted molar refractivity (Wildman–Crippen MR) is 92.7 cm³/mol. The highest BCUT2D eigenvalue weighted by atomic mass is 35.5. The number of carbonyl (C=O) groups is 4. The lowest BCUT2D eigenvalue weighted by Gasteiger charge is -2.21. The smallest absolute Gasteiger partial charge is 0.355 e. The zero-order chi connectivity index (χ0) is 19.0. The molecule has 8 nitrogen and oxygen atoms in total. The van der Waals surface area contributed by atoms with Crippen LogP contribution in [0.5, 0.6) is 0 Å². The first-order chi connectivity index (χ1) is 12.3. The Hall–Kier alpha value is -2.74. The molecule has 2 amide bonds. The number of esters is 1. The fourth-order valence-electron chi connectivity index (χ4n) is 3.09. The van der Waals surface area contributed by atoms with E-state index in [4.69, 9.17) is 16.3 Å². The average molecular weight is 378 g/mol. The van der Waals surface area contributed by atoms with Crippen molar-refractivity contribution in [3.05, 3.63) is 29.3 Å². The maximum atomic E-state index is 12.9. The summed E-state index contributed by atoms with van der Waals surface area (Å²) in [5.74, 6) is -3.03. The number of amides is 2.